The third-order valence-corrected chi connectivity index (χ3v) is 3.75. The molecule has 1 heterocycles. The third kappa shape index (κ3) is 4.25. The number of H-pyrrole nitrogens is 1. The Bertz CT molecular complexity index is 824. The second-order valence-corrected chi connectivity index (χ2v) is 5.62. The smallest absolute Gasteiger partial charge is 0.416 e. The quantitative estimate of drug-likeness (QED) is 0.803. The summed E-state index contributed by atoms with van der Waals surface area (Å²) in [7, 11) is 0. The maximum absolute atomic E-state index is 12.7. The van der Waals surface area contributed by atoms with Gasteiger partial charge in [0.1, 0.15) is 12.3 Å². The number of hydrogen-bond donors (Lipinski definition) is 1. The monoisotopic (exact) mass is 369 g/mol. The van der Waals surface area contributed by atoms with Gasteiger partial charge in [-0.1, -0.05) is 12.1 Å². The summed E-state index contributed by atoms with van der Waals surface area (Å²) in [5, 5.41) is 0. The van der Waals surface area contributed by atoms with Crippen LogP contribution in [0.4, 0.5) is 13.2 Å². The van der Waals surface area contributed by atoms with Gasteiger partial charge < -0.3 is 14.5 Å². The first kappa shape index (κ1) is 19.6. The molecule has 0 unspecified atom stereocenters. The second-order valence-electron chi connectivity index (χ2n) is 5.62. The highest BCUT2D eigenvalue weighted by molar-refractivity contribution is 5.98. The van der Waals surface area contributed by atoms with E-state index in [2.05, 4.69) is 4.98 Å². The summed E-state index contributed by atoms with van der Waals surface area (Å²) in [4.78, 5) is 26.9. The molecule has 0 bridgehead atoms. The van der Waals surface area contributed by atoms with E-state index >= 15 is 0 Å². The van der Waals surface area contributed by atoms with Crippen LogP contribution in [0, 0.1) is 13.8 Å². The van der Waals surface area contributed by atoms with Gasteiger partial charge in [0.15, 0.2) is 0 Å². The maximum Gasteiger partial charge on any atom is 0.416 e. The predicted molar refractivity (Wildman–Crippen MR) is 86.8 cm³/mol. The zero-order valence-corrected chi connectivity index (χ0v) is 14.5. The van der Waals surface area contributed by atoms with Crippen molar-refractivity contribution in [3.8, 4) is 0 Å². The number of carbonyl (C=O) groups excluding carboxylic acids is 2. The molecular formula is C18H18F3NO4. The lowest BCUT2D eigenvalue weighted by Gasteiger charge is -2.09. The van der Waals surface area contributed by atoms with E-state index < -0.39 is 23.7 Å². The van der Waals surface area contributed by atoms with Crippen molar-refractivity contribution >= 4 is 11.9 Å². The van der Waals surface area contributed by atoms with Crippen LogP contribution in [-0.2, 0) is 22.3 Å². The molecule has 0 saturated carbocycles. The van der Waals surface area contributed by atoms with E-state index in [0.29, 0.717) is 11.3 Å². The highest BCUT2D eigenvalue weighted by Crippen LogP contribution is 2.29. The molecule has 1 aromatic heterocycles. The number of nitrogens with one attached hydrogen (secondary N) is 1. The van der Waals surface area contributed by atoms with Crippen LogP contribution < -0.4 is 0 Å². The molecule has 5 nitrogen and oxygen atoms in total. The summed E-state index contributed by atoms with van der Waals surface area (Å²) in [5.74, 6) is -1.32. The number of benzene rings is 1. The van der Waals surface area contributed by atoms with E-state index in [1.165, 1.54) is 12.1 Å². The molecule has 0 fully saturated rings. The lowest BCUT2D eigenvalue weighted by molar-refractivity contribution is -0.137. The van der Waals surface area contributed by atoms with Gasteiger partial charge in [0.05, 0.1) is 17.7 Å². The van der Waals surface area contributed by atoms with Crippen molar-refractivity contribution in [3.63, 3.8) is 0 Å². The van der Waals surface area contributed by atoms with Gasteiger partial charge in [0.25, 0.3) is 0 Å². The molecule has 0 aliphatic rings. The number of halogens is 3. The van der Waals surface area contributed by atoms with E-state index in [1.54, 1.807) is 20.8 Å². The molecule has 0 aliphatic heterocycles. The summed E-state index contributed by atoms with van der Waals surface area (Å²) in [5.41, 5.74) is 0.527. The average Bonchev–Trinajstić information content (AvgIpc) is 2.87. The molecule has 0 atom stereocenters. The standard InChI is InChI=1S/C18H18F3NO4/c1-4-25-16(23)14-10(2)15(22-11(14)3)17(24)26-9-12-6-5-7-13(8-12)18(19,20)21/h5-8,22H,4,9H2,1-3H3. The van der Waals surface area contributed by atoms with Crippen molar-refractivity contribution in [3.05, 3.63) is 57.9 Å². The van der Waals surface area contributed by atoms with E-state index in [9.17, 15) is 22.8 Å². The number of ether oxygens (including phenoxy) is 2. The number of alkyl halides is 3. The topological polar surface area (TPSA) is 68.4 Å². The van der Waals surface area contributed by atoms with Crippen molar-refractivity contribution in [2.24, 2.45) is 0 Å². The first-order valence-electron chi connectivity index (χ1n) is 7.84. The first-order valence-corrected chi connectivity index (χ1v) is 7.84. The molecule has 1 aromatic carbocycles. The number of aromatic nitrogens is 1. The number of esters is 2. The Labute approximate surface area is 148 Å². The van der Waals surface area contributed by atoms with Crippen LogP contribution in [0.2, 0.25) is 0 Å². The van der Waals surface area contributed by atoms with Crippen LogP contribution in [0.25, 0.3) is 0 Å². The van der Waals surface area contributed by atoms with Crippen molar-refractivity contribution in [2.75, 3.05) is 6.61 Å². The van der Waals surface area contributed by atoms with Crippen molar-refractivity contribution in [1.29, 1.82) is 0 Å². The van der Waals surface area contributed by atoms with Gasteiger partial charge in [-0.25, -0.2) is 9.59 Å². The van der Waals surface area contributed by atoms with Crippen LogP contribution in [0.1, 0.15) is 50.2 Å². The van der Waals surface area contributed by atoms with Gasteiger partial charge in [-0.2, -0.15) is 13.2 Å². The Hall–Kier alpha value is -2.77. The summed E-state index contributed by atoms with van der Waals surface area (Å²) in [6.45, 7) is 4.71. The minimum atomic E-state index is -4.47. The fourth-order valence-electron chi connectivity index (χ4n) is 2.52. The molecule has 0 spiro atoms. The van der Waals surface area contributed by atoms with Crippen molar-refractivity contribution in [1.82, 2.24) is 4.98 Å². The molecule has 1 N–H and O–H groups in total. The Morgan fingerprint density at radius 3 is 2.42 bits per heavy atom. The fraction of sp³-hybridized carbons (Fsp3) is 0.333. The van der Waals surface area contributed by atoms with E-state index in [-0.39, 0.29) is 30.0 Å². The van der Waals surface area contributed by atoms with Crippen LogP contribution in [0.15, 0.2) is 24.3 Å². The number of carbonyl (C=O) groups is 2. The van der Waals surface area contributed by atoms with Gasteiger partial charge in [-0.15, -0.1) is 0 Å². The van der Waals surface area contributed by atoms with Crippen LogP contribution in [-0.4, -0.2) is 23.5 Å². The van der Waals surface area contributed by atoms with Gasteiger partial charge in [-0.05, 0) is 44.0 Å². The zero-order chi connectivity index (χ0) is 19.5. The van der Waals surface area contributed by atoms with Crippen molar-refractivity contribution < 1.29 is 32.2 Å². The molecule has 0 saturated heterocycles. The van der Waals surface area contributed by atoms with Gasteiger partial charge in [0, 0.05) is 5.69 Å². The van der Waals surface area contributed by atoms with E-state index in [0.717, 1.165) is 12.1 Å². The summed E-state index contributed by atoms with van der Waals surface area (Å²) < 4.78 is 48.2. The lowest BCUT2D eigenvalue weighted by Crippen LogP contribution is -2.10. The van der Waals surface area contributed by atoms with Crippen molar-refractivity contribution in [2.45, 2.75) is 33.6 Å². The molecule has 0 amide bonds. The molecule has 8 heteroatoms. The zero-order valence-electron chi connectivity index (χ0n) is 14.5. The number of rotatable bonds is 5. The number of aryl methyl sites for hydroxylation is 1. The molecule has 2 rings (SSSR count). The molecular weight excluding hydrogens is 351 g/mol. The molecule has 140 valence electrons. The van der Waals surface area contributed by atoms with E-state index in [4.69, 9.17) is 9.47 Å². The Balaban J connectivity index is 2.14. The third-order valence-electron chi connectivity index (χ3n) is 3.75. The minimum Gasteiger partial charge on any atom is -0.462 e. The summed E-state index contributed by atoms with van der Waals surface area (Å²) in [6, 6.07) is 4.54. The largest absolute Gasteiger partial charge is 0.462 e. The summed E-state index contributed by atoms with van der Waals surface area (Å²) in [6.07, 6.45) is -4.47. The minimum absolute atomic E-state index is 0.0672. The molecule has 2 aromatic rings. The second kappa shape index (κ2) is 7.63. The molecule has 0 aliphatic carbocycles. The number of aromatic amines is 1. The van der Waals surface area contributed by atoms with Gasteiger partial charge >= 0.3 is 18.1 Å². The fourth-order valence-corrected chi connectivity index (χ4v) is 2.52. The van der Waals surface area contributed by atoms with Crippen LogP contribution >= 0.6 is 0 Å². The van der Waals surface area contributed by atoms with Crippen LogP contribution in [0.3, 0.4) is 0 Å². The van der Waals surface area contributed by atoms with E-state index in [1.807, 2.05) is 0 Å². The lowest BCUT2D eigenvalue weighted by atomic mass is 10.1. The average molecular weight is 369 g/mol. The molecule has 0 radical (unpaired) electrons. The predicted octanol–water partition coefficient (Wildman–Crippen LogP) is 4.18. The normalized spacial score (nSPS) is 11.3. The highest BCUT2D eigenvalue weighted by Gasteiger charge is 2.30. The SMILES string of the molecule is CCOC(=O)c1c(C)[nH]c(C(=O)OCc2cccc(C(F)(F)F)c2)c1C. The summed E-state index contributed by atoms with van der Waals surface area (Å²) >= 11 is 0. The Morgan fingerprint density at radius 2 is 1.81 bits per heavy atom. The first-order chi connectivity index (χ1) is 12.1. The van der Waals surface area contributed by atoms with Gasteiger partial charge in [0.2, 0.25) is 0 Å². The Morgan fingerprint density at radius 1 is 1.12 bits per heavy atom. The van der Waals surface area contributed by atoms with Gasteiger partial charge in [-0.3, -0.25) is 0 Å². The maximum atomic E-state index is 12.7. The molecule has 26 heavy (non-hydrogen) atoms. The Kier molecular flexibility index (Phi) is 5.74. The van der Waals surface area contributed by atoms with Crippen LogP contribution in [0.5, 0.6) is 0 Å². The number of hydrogen-bond acceptors (Lipinski definition) is 4. The highest BCUT2D eigenvalue weighted by atomic mass is 19.4.